The van der Waals surface area contributed by atoms with Crippen molar-refractivity contribution in [3.8, 4) is 5.75 Å². The van der Waals surface area contributed by atoms with Crippen molar-refractivity contribution < 1.29 is 14.3 Å². The first-order chi connectivity index (χ1) is 14.4. The van der Waals surface area contributed by atoms with Crippen LogP contribution in [0.2, 0.25) is 10.0 Å². The minimum Gasteiger partial charge on any atom is -0.494 e. The highest BCUT2D eigenvalue weighted by Gasteiger charge is 2.34. The quantitative estimate of drug-likeness (QED) is 0.621. The molecule has 2 aromatic rings. The number of hydrogen-bond donors (Lipinski definition) is 1. The van der Waals surface area contributed by atoms with Crippen molar-refractivity contribution >= 4 is 63.3 Å². The van der Waals surface area contributed by atoms with Crippen LogP contribution < -0.4 is 10.1 Å². The summed E-state index contributed by atoms with van der Waals surface area (Å²) in [4.78, 5) is 31.1. The lowest BCUT2D eigenvalue weighted by Gasteiger charge is -2.28. The number of amides is 2. The average molecular weight is 466 g/mol. The van der Waals surface area contributed by atoms with Crippen molar-refractivity contribution in [1.29, 1.82) is 0 Å². The molecular formula is C21H21Cl2N3O3S. The van der Waals surface area contributed by atoms with Gasteiger partial charge < -0.3 is 10.1 Å². The van der Waals surface area contributed by atoms with Crippen LogP contribution in [0.1, 0.15) is 19.8 Å². The molecule has 30 heavy (non-hydrogen) atoms. The molecule has 1 saturated heterocycles. The summed E-state index contributed by atoms with van der Waals surface area (Å²) in [5.41, 5.74) is 1.15. The molecule has 0 saturated carbocycles. The first-order valence-electron chi connectivity index (χ1n) is 9.37. The molecule has 1 heterocycles. The van der Waals surface area contributed by atoms with Crippen LogP contribution in [0.4, 0.5) is 11.4 Å². The van der Waals surface area contributed by atoms with Crippen LogP contribution in [-0.2, 0) is 9.59 Å². The molecular weight excluding hydrogens is 445 g/mol. The summed E-state index contributed by atoms with van der Waals surface area (Å²) in [6.45, 7) is 2.67. The maximum Gasteiger partial charge on any atom is 0.238 e. The van der Waals surface area contributed by atoms with Gasteiger partial charge in [-0.05, 0) is 48.9 Å². The van der Waals surface area contributed by atoms with Crippen LogP contribution in [0.25, 0.3) is 0 Å². The molecule has 1 atom stereocenters. The largest absolute Gasteiger partial charge is 0.494 e. The maximum absolute atomic E-state index is 12.8. The average Bonchev–Trinajstić information content (AvgIpc) is 2.70. The Morgan fingerprint density at radius 2 is 1.90 bits per heavy atom. The van der Waals surface area contributed by atoms with Crippen LogP contribution >= 0.6 is 35.0 Å². The van der Waals surface area contributed by atoms with Crippen molar-refractivity contribution in [2.75, 3.05) is 19.0 Å². The number of benzene rings is 2. The van der Waals surface area contributed by atoms with E-state index in [1.165, 1.54) is 16.7 Å². The Balaban J connectivity index is 1.72. The first-order valence-corrected chi connectivity index (χ1v) is 11.0. The van der Waals surface area contributed by atoms with Crippen molar-refractivity contribution in [2.45, 2.75) is 25.0 Å². The topological polar surface area (TPSA) is 71.0 Å². The highest BCUT2D eigenvalue weighted by Crippen LogP contribution is 2.31. The molecule has 1 fully saturated rings. The van der Waals surface area contributed by atoms with E-state index in [2.05, 4.69) is 10.3 Å². The summed E-state index contributed by atoms with van der Waals surface area (Å²) in [5, 5.41) is 3.54. The van der Waals surface area contributed by atoms with Crippen LogP contribution in [0.5, 0.6) is 5.75 Å². The SMILES string of the molecule is CCCOc1ccc(NC(=O)C2CC(=O)N(C)C(=Nc3cc(Cl)cc(Cl)c3)S2)cc1. The number of thioether (sulfide) groups is 1. The smallest absolute Gasteiger partial charge is 0.238 e. The highest BCUT2D eigenvalue weighted by molar-refractivity contribution is 8.15. The third-order valence-electron chi connectivity index (χ3n) is 4.23. The number of nitrogens with one attached hydrogen (secondary N) is 1. The van der Waals surface area contributed by atoms with E-state index in [4.69, 9.17) is 27.9 Å². The number of halogens is 2. The minimum absolute atomic E-state index is 0.0833. The lowest BCUT2D eigenvalue weighted by Crippen LogP contribution is -2.43. The van der Waals surface area contributed by atoms with Gasteiger partial charge in [0, 0.05) is 29.2 Å². The van der Waals surface area contributed by atoms with Crippen LogP contribution in [0, 0.1) is 0 Å². The van der Waals surface area contributed by atoms with Gasteiger partial charge in [-0.1, -0.05) is 41.9 Å². The second-order valence-electron chi connectivity index (χ2n) is 6.65. The van der Waals surface area contributed by atoms with Crippen molar-refractivity contribution in [1.82, 2.24) is 4.90 Å². The van der Waals surface area contributed by atoms with Crippen molar-refractivity contribution in [2.24, 2.45) is 4.99 Å². The molecule has 0 aromatic heterocycles. The zero-order chi connectivity index (χ0) is 21.7. The summed E-state index contributed by atoms with van der Waals surface area (Å²) in [7, 11) is 1.63. The van der Waals surface area contributed by atoms with Crippen molar-refractivity contribution in [3.05, 3.63) is 52.5 Å². The van der Waals surface area contributed by atoms with Gasteiger partial charge in [0.05, 0.1) is 12.3 Å². The van der Waals surface area contributed by atoms with Gasteiger partial charge in [0.25, 0.3) is 0 Å². The summed E-state index contributed by atoms with van der Waals surface area (Å²) >= 11 is 13.3. The van der Waals surface area contributed by atoms with Crippen LogP contribution in [0.3, 0.4) is 0 Å². The Morgan fingerprint density at radius 3 is 2.53 bits per heavy atom. The second kappa shape index (κ2) is 10.2. The number of carbonyl (C=O) groups excluding carboxylic acids is 2. The van der Waals surface area contributed by atoms with Gasteiger partial charge in [-0.15, -0.1) is 0 Å². The first kappa shape index (κ1) is 22.5. The minimum atomic E-state index is -0.599. The van der Waals surface area contributed by atoms with Crippen LogP contribution in [-0.4, -0.2) is 40.8 Å². The molecule has 158 valence electrons. The zero-order valence-corrected chi connectivity index (χ0v) is 18.9. The summed E-state index contributed by atoms with van der Waals surface area (Å²) in [6, 6.07) is 12.0. The number of anilines is 1. The van der Waals surface area contributed by atoms with E-state index in [0.29, 0.717) is 33.2 Å². The third kappa shape index (κ3) is 5.90. The molecule has 9 heteroatoms. The molecule has 0 aliphatic carbocycles. The monoisotopic (exact) mass is 465 g/mol. The summed E-state index contributed by atoms with van der Waals surface area (Å²) in [6.07, 6.45) is 1.01. The molecule has 1 aliphatic rings. The summed E-state index contributed by atoms with van der Waals surface area (Å²) in [5.74, 6) is 0.290. The standard InChI is InChI=1S/C21H21Cl2N3O3S/c1-3-8-29-17-6-4-15(5-7-17)24-20(28)18-12-19(27)26(2)21(30-18)25-16-10-13(22)9-14(23)11-16/h4-7,9-11,18H,3,8,12H2,1-2H3,(H,24,28). The molecule has 6 nitrogen and oxygen atoms in total. The normalized spacial score (nSPS) is 17.9. The number of amidine groups is 1. The number of carbonyl (C=O) groups is 2. The predicted octanol–water partition coefficient (Wildman–Crippen LogP) is 5.37. The molecule has 1 unspecified atom stereocenters. The second-order valence-corrected chi connectivity index (χ2v) is 8.69. The molecule has 2 amide bonds. The van der Waals surface area contributed by atoms with E-state index in [0.717, 1.165) is 12.2 Å². The molecule has 0 bridgehead atoms. The summed E-state index contributed by atoms with van der Waals surface area (Å²) < 4.78 is 5.54. The Hall–Kier alpha value is -2.22. The van der Waals surface area contributed by atoms with E-state index in [1.807, 2.05) is 6.92 Å². The number of hydrogen-bond acceptors (Lipinski definition) is 5. The Bertz CT molecular complexity index is 946. The van der Waals surface area contributed by atoms with Crippen molar-refractivity contribution in [3.63, 3.8) is 0 Å². The Kier molecular flexibility index (Phi) is 7.64. The zero-order valence-electron chi connectivity index (χ0n) is 16.5. The maximum atomic E-state index is 12.8. The van der Waals surface area contributed by atoms with E-state index >= 15 is 0 Å². The number of rotatable bonds is 6. The van der Waals surface area contributed by atoms with Gasteiger partial charge in [-0.25, -0.2) is 4.99 Å². The third-order valence-corrected chi connectivity index (χ3v) is 5.91. The van der Waals surface area contributed by atoms with Crippen LogP contribution in [0.15, 0.2) is 47.5 Å². The number of nitrogens with zero attached hydrogens (tertiary/aromatic N) is 2. The molecule has 1 aliphatic heterocycles. The van der Waals surface area contributed by atoms with E-state index in [-0.39, 0.29) is 18.2 Å². The molecule has 3 rings (SSSR count). The predicted molar refractivity (Wildman–Crippen MR) is 123 cm³/mol. The van der Waals surface area contributed by atoms with Gasteiger partial charge in [0.2, 0.25) is 11.8 Å². The lowest BCUT2D eigenvalue weighted by atomic mass is 10.2. The fourth-order valence-corrected chi connectivity index (χ4v) is 4.27. The molecule has 1 N–H and O–H groups in total. The van der Waals surface area contributed by atoms with Gasteiger partial charge >= 0.3 is 0 Å². The lowest BCUT2D eigenvalue weighted by molar-refractivity contribution is -0.128. The highest BCUT2D eigenvalue weighted by atomic mass is 35.5. The fourth-order valence-electron chi connectivity index (χ4n) is 2.69. The fraction of sp³-hybridized carbons (Fsp3) is 0.286. The van der Waals surface area contributed by atoms with E-state index in [9.17, 15) is 9.59 Å². The van der Waals surface area contributed by atoms with Gasteiger partial charge in [-0.2, -0.15) is 0 Å². The Labute approximate surface area is 189 Å². The van der Waals surface area contributed by atoms with E-state index < -0.39 is 5.25 Å². The Morgan fingerprint density at radius 1 is 1.23 bits per heavy atom. The molecule has 0 radical (unpaired) electrons. The number of aliphatic imine (C=N–C) groups is 1. The van der Waals surface area contributed by atoms with Gasteiger partial charge in [0.15, 0.2) is 5.17 Å². The molecule has 0 spiro atoms. The van der Waals surface area contributed by atoms with Gasteiger partial charge in [0.1, 0.15) is 11.0 Å². The van der Waals surface area contributed by atoms with E-state index in [1.54, 1.807) is 49.5 Å². The molecule has 2 aromatic carbocycles. The number of ether oxygens (including phenoxy) is 1. The van der Waals surface area contributed by atoms with Gasteiger partial charge in [-0.3, -0.25) is 14.5 Å².